The van der Waals surface area contributed by atoms with Gasteiger partial charge in [0.1, 0.15) is 5.76 Å². The van der Waals surface area contributed by atoms with Crippen LogP contribution in [0.1, 0.15) is 21.7 Å². The molecule has 0 spiro atoms. The molecule has 0 atom stereocenters. The molecule has 1 aliphatic heterocycles. The van der Waals surface area contributed by atoms with Crippen LogP contribution in [0.15, 0.2) is 39.8 Å². The van der Waals surface area contributed by atoms with Crippen LogP contribution in [0.25, 0.3) is 0 Å². The van der Waals surface area contributed by atoms with Crippen LogP contribution < -0.4 is 4.90 Å². The van der Waals surface area contributed by atoms with E-state index in [0.29, 0.717) is 19.8 Å². The molecule has 7 nitrogen and oxygen atoms in total. The van der Waals surface area contributed by atoms with Gasteiger partial charge in [0.15, 0.2) is 0 Å². The summed E-state index contributed by atoms with van der Waals surface area (Å²) in [5.74, 6) is -0.0347. The molecule has 8 heteroatoms. The maximum Gasteiger partial charge on any atom is 0.275 e. The van der Waals surface area contributed by atoms with Crippen molar-refractivity contribution in [3.63, 3.8) is 0 Å². The van der Waals surface area contributed by atoms with E-state index in [4.69, 9.17) is 9.15 Å². The minimum atomic E-state index is -3.74. The summed E-state index contributed by atoms with van der Waals surface area (Å²) in [5, 5.41) is -0.238. The van der Waals surface area contributed by atoms with Crippen molar-refractivity contribution in [2.24, 2.45) is 0 Å². The number of nitrogens with zero attached hydrogens (tertiary/aromatic N) is 2. The van der Waals surface area contributed by atoms with Gasteiger partial charge in [-0.1, -0.05) is 18.2 Å². The van der Waals surface area contributed by atoms with Crippen molar-refractivity contribution < 1.29 is 22.4 Å². The van der Waals surface area contributed by atoms with Crippen molar-refractivity contribution in [3.8, 4) is 0 Å². The fourth-order valence-electron chi connectivity index (χ4n) is 2.69. The van der Waals surface area contributed by atoms with Crippen molar-refractivity contribution in [1.82, 2.24) is 4.31 Å². The topological polar surface area (TPSA) is 80.1 Å². The number of hydrogen-bond acceptors (Lipinski definition) is 5. The van der Waals surface area contributed by atoms with Crippen molar-refractivity contribution in [2.45, 2.75) is 18.6 Å². The number of benzene rings is 1. The summed E-state index contributed by atoms with van der Waals surface area (Å²) in [6.07, 6.45) is 0. The maximum atomic E-state index is 13.0. The third kappa shape index (κ3) is 3.20. The molecule has 1 aliphatic rings. The summed E-state index contributed by atoms with van der Waals surface area (Å²) in [6.45, 7) is 2.81. The van der Waals surface area contributed by atoms with Crippen LogP contribution in [0.3, 0.4) is 0 Å². The van der Waals surface area contributed by atoms with Crippen molar-refractivity contribution in [3.05, 3.63) is 47.2 Å². The average molecular weight is 364 g/mol. The highest BCUT2D eigenvalue weighted by atomic mass is 32.2. The molecule has 0 bridgehead atoms. The summed E-state index contributed by atoms with van der Waals surface area (Å²) in [7, 11) is -0.912. The minimum Gasteiger partial charge on any atom is -0.448 e. The van der Waals surface area contributed by atoms with Crippen molar-refractivity contribution in [2.75, 3.05) is 32.1 Å². The van der Waals surface area contributed by atoms with Gasteiger partial charge in [0.2, 0.25) is 5.09 Å². The minimum absolute atomic E-state index is 0.233. The Morgan fingerprint density at radius 1 is 1.24 bits per heavy atom. The van der Waals surface area contributed by atoms with Crippen LogP contribution in [0.5, 0.6) is 0 Å². The molecule has 25 heavy (non-hydrogen) atoms. The number of furan rings is 1. The number of amides is 1. The number of carbonyl (C=O) groups is 1. The van der Waals surface area contributed by atoms with Gasteiger partial charge in [0, 0.05) is 38.0 Å². The first-order valence-corrected chi connectivity index (χ1v) is 9.27. The van der Waals surface area contributed by atoms with Gasteiger partial charge in [0.25, 0.3) is 15.9 Å². The van der Waals surface area contributed by atoms with Gasteiger partial charge in [-0.15, -0.1) is 0 Å². The Kier molecular flexibility index (Phi) is 4.68. The summed E-state index contributed by atoms with van der Waals surface area (Å²) < 4.78 is 36.4. The molecule has 1 amide bonds. The number of fused-ring (bicyclic) bond motifs is 1. The molecular formula is C17H20N2O5S. The first-order chi connectivity index (χ1) is 11.8. The van der Waals surface area contributed by atoms with Gasteiger partial charge in [-0.3, -0.25) is 4.79 Å². The highest BCUT2D eigenvalue weighted by Crippen LogP contribution is 2.28. The van der Waals surface area contributed by atoms with Crippen LogP contribution in [0.4, 0.5) is 5.69 Å². The van der Waals surface area contributed by atoms with E-state index in [2.05, 4.69) is 0 Å². The van der Waals surface area contributed by atoms with E-state index < -0.39 is 10.0 Å². The van der Waals surface area contributed by atoms with E-state index in [1.807, 2.05) is 24.3 Å². The lowest BCUT2D eigenvalue weighted by atomic mass is 10.1. The second kappa shape index (κ2) is 6.62. The number of para-hydroxylation sites is 1. The summed E-state index contributed by atoms with van der Waals surface area (Å²) in [5.41, 5.74) is 1.91. The lowest BCUT2D eigenvalue weighted by Crippen LogP contribution is -2.33. The Balaban J connectivity index is 2.01. The normalized spacial score (nSPS) is 15.1. The van der Waals surface area contributed by atoms with Gasteiger partial charge in [-0.25, -0.2) is 12.7 Å². The largest absolute Gasteiger partial charge is 0.448 e. The lowest BCUT2D eigenvalue weighted by Gasteiger charge is -2.21. The summed E-state index contributed by atoms with van der Waals surface area (Å²) >= 11 is 0. The Bertz CT molecular complexity index is 902. The van der Waals surface area contributed by atoms with Crippen LogP contribution in [0.2, 0.25) is 0 Å². The Morgan fingerprint density at radius 3 is 2.68 bits per heavy atom. The molecule has 2 aromatic rings. The molecule has 1 aromatic carbocycles. The third-order valence-electron chi connectivity index (χ3n) is 4.10. The Morgan fingerprint density at radius 2 is 1.96 bits per heavy atom. The zero-order chi connectivity index (χ0) is 18.2. The number of carbonyl (C=O) groups excluding carboxylic acids is 1. The summed E-state index contributed by atoms with van der Waals surface area (Å²) in [6, 6.07) is 8.80. The second-order valence-electron chi connectivity index (χ2n) is 5.96. The molecule has 1 aromatic heterocycles. The number of rotatable bonds is 3. The molecule has 0 fully saturated rings. The van der Waals surface area contributed by atoms with Crippen LogP contribution in [0, 0.1) is 6.92 Å². The molecule has 2 heterocycles. The molecule has 134 valence electrons. The Hall–Kier alpha value is -2.16. The molecule has 0 saturated heterocycles. The smallest absolute Gasteiger partial charge is 0.275 e. The molecule has 0 N–H and O–H groups in total. The third-order valence-corrected chi connectivity index (χ3v) is 5.78. The molecule has 0 radical (unpaired) electrons. The number of hydrogen-bond donors (Lipinski definition) is 0. The van der Waals surface area contributed by atoms with E-state index >= 15 is 0 Å². The Labute approximate surface area is 146 Å². The maximum absolute atomic E-state index is 13.0. The highest BCUT2D eigenvalue weighted by Gasteiger charge is 2.29. The molecule has 0 saturated carbocycles. The average Bonchev–Trinajstić information content (AvgIpc) is 2.85. The molecule has 0 aliphatic carbocycles. The lowest BCUT2D eigenvalue weighted by molar-refractivity contribution is 0.0964. The standard InChI is InChI=1S/C17H20N2O5S/c1-12-14(10-16(24-12)25(21,22)18(2)3)17(20)19-8-9-23-11-13-6-4-5-7-15(13)19/h4-7,10H,8-9,11H2,1-3H3. The van der Waals surface area contributed by atoms with E-state index in [1.165, 1.54) is 20.2 Å². The number of sulfonamides is 1. The van der Waals surface area contributed by atoms with Crippen LogP contribution >= 0.6 is 0 Å². The zero-order valence-electron chi connectivity index (χ0n) is 14.4. The predicted octanol–water partition coefficient (Wildman–Crippen LogP) is 2.02. The van der Waals surface area contributed by atoms with Gasteiger partial charge in [-0.2, -0.15) is 0 Å². The van der Waals surface area contributed by atoms with E-state index in [-0.39, 0.29) is 22.3 Å². The van der Waals surface area contributed by atoms with Gasteiger partial charge >= 0.3 is 0 Å². The van der Waals surface area contributed by atoms with Gasteiger partial charge in [-0.05, 0) is 13.0 Å². The number of anilines is 1. The van der Waals surface area contributed by atoms with E-state index in [9.17, 15) is 13.2 Å². The number of aryl methyl sites for hydroxylation is 1. The zero-order valence-corrected chi connectivity index (χ0v) is 15.2. The number of ether oxygens (including phenoxy) is 1. The fourth-order valence-corrected chi connectivity index (χ4v) is 3.54. The SMILES string of the molecule is Cc1oc(S(=O)(=O)N(C)C)cc1C(=O)N1CCOCc2ccccc21. The van der Waals surface area contributed by atoms with Gasteiger partial charge < -0.3 is 14.1 Å². The monoisotopic (exact) mass is 364 g/mol. The van der Waals surface area contributed by atoms with Crippen molar-refractivity contribution in [1.29, 1.82) is 0 Å². The molecule has 0 unspecified atom stereocenters. The van der Waals surface area contributed by atoms with Gasteiger partial charge in [0.05, 0.1) is 18.8 Å². The van der Waals surface area contributed by atoms with Crippen molar-refractivity contribution >= 4 is 21.6 Å². The summed E-state index contributed by atoms with van der Waals surface area (Å²) in [4.78, 5) is 14.7. The van der Waals surface area contributed by atoms with Crippen LogP contribution in [-0.4, -0.2) is 45.9 Å². The van der Waals surface area contributed by atoms with Crippen LogP contribution in [-0.2, 0) is 21.4 Å². The fraction of sp³-hybridized carbons (Fsp3) is 0.353. The quantitative estimate of drug-likeness (QED) is 0.832. The predicted molar refractivity (Wildman–Crippen MR) is 92.1 cm³/mol. The van der Waals surface area contributed by atoms with E-state index in [0.717, 1.165) is 15.6 Å². The first-order valence-electron chi connectivity index (χ1n) is 7.83. The van der Waals surface area contributed by atoms with E-state index in [1.54, 1.807) is 11.8 Å². The first kappa shape index (κ1) is 17.7. The molecule has 3 rings (SSSR count). The molecular weight excluding hydrogens is 344 g/mol. The highest BCUT2D eigenvalue weighted by molar-refractivity contribution is 7.88. The second-order valence-corrected chi connectivity index (χ2v) is 8.04.